The summed E-state index contributed by atoms with van der Waals surface area (Å²) in [6.45, 7) is 5.87. The zero-order valence-corrected chi connectivity index (χ0v) is 12.5. The largest absolute Gasteiger partial charge is 0.383 e. The molecule has 1 N–H and O–H groups in total. The first kappa shape index (κ1) is 14.6. The number of nitrogens with zero attached hydrogens (tertiary/aromatic N) is 1. The van der Waals surface area contributed by atoms with E-state index in [2.05, 4.69) is 29.3 Å². The normalized spacial score (nSPS) is 19.1. The summed E-state index contributed by atoms with van der Waals surface area (Å²) in [5.74, 6) is 0. The van der Waals surface area contributed by atoms with Gasteiger partial charge in [-0.05, 0) is 43.5 Å². The molecule has 1 atom stereocenters. The van der Waals surface area contributed by atoms with Gasteiger partial charge in [0.2, 0.25) is 0 Å². The van der Waals surface area contributed by atoms with Crippen LogP contribution in [0.25, 0.3) is 0 Å². The molecule has 0 aromatic heterocycles. The maximum Gasteiger partial charge on any atom is 0.0587 e. The average molecular weight is 283 g/mol. The van der Waals surface area contributed by atoms with Gasteiger partial charge in [-0.1, -0.05) is 11.6 Å². The third-order valence-corrected chi connectivity index (χ3v) is 3.94. The number of hydrogen-bond acceptors (Lipinski definition) is 3. The summed E-state index contributed by atoms with van der Waals surface area (Å²) in [5, 5.41) is 4.20. The van der Waals surface area contributed by atoms with Crippen molar-refractivity contribution >= 4 is 17.3 Å². The molecule has 1 aromatic rings. The fourth-order valence-corrected chi connectivity index (χ4v) is 2.86. The standard InChI is InChI=1S/C15H23ClN2O/c1-12-4-3-8-18(12)15-6-5-14(16)10-13(15)11-17-7-9-19-2/h5-6,10,12,17H,3-4,7-9,11H2,1-2H3. The molecule has 2 rings (SSSR count). The van der Waals surface area contributed by atoms with E-state index < -0.39 is 0 Å². The molecule has 1 aliphatic rings. The van der Waals surface area contributed by atoms with E-state index >= 15 is 0 Å². The summed E-state index contributed by atoms with van der Waals surface area (Å²) >= 11 is 6.13. The highest BCUT2D eigenvalue weighted by atomic mass is 35.5. The van der Waals surface area contributed by atoms with E-state index in [0.717, 1.165) is 31.3 Å². The Morgan fingerprint density at radius 3 is 3.00 bits per heavy atom. The summed E-state index contributed by atoms with van der Waals surface area (Å²) in [4.78, 5) is 2.49. The van der Waals surface area contributed by atoms with Gasteiger partial charge in [0.15, 0.2) is 0 Å². The number of hydrogen-bond donors (Lipinski definition) is 1. The lowest BCUT2D eigenvalue weighted by Gasteiger charge is -2.26. The van der Waals surface area contributed by atoms with Crippen LogP contribution in [0.1, 0.15) is 25.3 Å². The molecule has 1 fully saturated rings. The van der Waals surface area contributed by atoms with Crippen LogP contribution in [0.2, 0.25) is 5.02 Å². The molecule has 0 aliphatic carbocycles. The van der Waals surface area contributed by atoms with Crippen LogP contribution >= 0.6 is 11.6 Å². The van der Waals surface area contributed by atoms with Gasteiger partial charge < -0.3 is 15.0 Å². The van der Waals surface area contributed by atoms with Crippen molar-refractivity contribution in [1.82, 2.24) is 5.32 Å². The number of rotatable bonds is 6. The number of ether oxygens (including phenoxy) is 1. The van der Waals surface area contributed by atoms with Crippen LogP contribution in [0.15, 0.2) is 18.2 Å². The minimum atomic E-state index is 0.624. The molecule has 1 aromatic carbocycles. The van der Waals surface area contributed by atoms with Gasteiger partial charge in [-0.15, -0.1) is 0 Å². The van der Waals surface area contributed by atoms with Crippen molar-refractivity contribution in [2.24, 2.45) is 0 Å². The highest BCUT2D eigenvalue weighted by molar-refractivity contribution is 6.30. The molecule has 3 nitrogen and oxygen atoms in total. The van der Waals surface area contributed by atoms with Crippen LogP contribution in [0.4, 0.5) is 5.69 Å². The topological polar surface area (TPSA) is 24.5 Å². The summed E-state index contributed by atoms with van der Waals surface area (Å²) < 4.78 is 5.05. The zero-order valence-electron chi connectivity index (χ0n) is 11.8. The number of benzene rings is 1. The molecule has 0 amide bonds. The van der Waals surface area contributed by atoms with Gasteiger partial charge in [-0.2, -0.15) is 0 Å². The molecule has 0 saturated carbocycles. The van der Waals surface area contributed by atoms with Crippen LogP contribution in [-0.4, -0.2) is 32.8 Å². The predicted molar refractivity (Wildman–Crippen MR) is 81.1 cm³/mol. The number of anilines is 1. The molecule has 1 aliphatic heterocycles. The highest BCUT2D eigenvalue weighted by Gasteiger charge is 2.22. The van der Waals surface area contributed by atoms with Gasteiger partial charge in [0.1, 0.15) is 0 Å². The first-order valence-corrected chi connectivity index (χ1v) is 7.35. The van der Waals surface area contributed by atoms with Crippen LogP contribution in [0, 0.1) is 0 Å². The van der Waals surface area contributed by atoms with Crippen LogP contribution in [0.3, 0.4) is 0 Å². The highest BCUT2D eigenvalue weighted by Crippen LogP contribution is 2.30. The van der Waals surface area contributed by atoms with Crippen molar-refractivity contribution in [3.63, 3.8) is 0 Å². The SMILES string of the molecule is COCCNCc1cc(Cl)ccc1N1CCCC1C. The monoisotopic (exact) mass is 282 g/mol. The maximum atomic E-state index is 6.13. The maximum absolute atomic E-state index is 6.13. The lowest BCUT2D eigenvalue weighted by atomic mass is 10.1. The third kappa shape index (κ3) is 3.85. The Balaban J connectivity index is 2.08. The minimum absolute atomic E-state index is 0.624. The van der Waals surface area contributed by atoms with E-state index in [-0.39, 0.29) is 0 Å². The summed E-state index contributed by atoms with van der Waals surface area (Å²) in [6.07, 6.45) is 2.56. The molecule has 4 heteroatoms. The van der Waals surface area contributed by atoms with E-state index in [1.807, 2.05) is 6.07 Å². The second-order valence-corrected chi connectivity index (χ2v) is 5.56. The number of halogens is 1. The number of methoxy groups -OCH3 is 1. The Morgan fingerprint density at radius 1 is 1.47 bits per heavy atom. The third-order valence-electron chi connectivity index (χ3n) is 3.70. The van der Waals surface area contributed by atoms with Gasteiger partial charge in [-0.25, -0.2) is 0 Å². The Kier molecular flexibility index (Phi) is 5.49. The van der Waals surface area contributed by atoms with E-state index in [9.17, 15) is 0 Å². The second-order valence-electron chi connectivity index (χ2n) is 5.13. The molecule has 1 unspecified atom stereocenters. The van der Waals surface area contributed by atoms with Gasteiger partial charge in [-0.3, -0.25) is 0 Å². The summed E-state index contributed by atoms with van der Waals surface area (Å²) in [6, 6.07) is 6.83. The Labute approximate surface area is 120 Å². The Bertz CT molecular complexity index is 411. The fraction of sp³-hybridized carbons (Fsp3) is 0.600. The predicted octanol–water partition coefficient (Wildman–Crippen LogP) is 3.06. The summed E-state index contributed by atoms with van der Waals surface area (Å²) in [5.41, 5.74) is 2.59. The molecule has 0 spiro atoms. The molecule has 1 heterocycles. The van der Waals surface area contributed by atoms with Gasteiger partial charge in [0, 0.05) is 43.5 Å². The van der Waals surface area contributed by atoms with Gasteiger partial charge >= 0.3 is 0 Å². The molecular formula is C15H23ClN2O. The van der Waals surface area contributed by atoms with Gasteiger partial charge in [0.25, 0.3) is 0 Å². The molecule has 106 valence electrons. The quantitative estimate of drug-likeness (QED) is 0.812. The average Bonchev–Trinajstić information content (AvgIpc) is 2.81. The van der Waals surface area contributed by atoms with E-state index in [4.69, 9.17) is 16.3 Å². The second kappa shape index (κ2) is 7.13. The molecule has 0 bridgehead atoms. The fourth-order valence-electron chi connectivity index (χ4n) is 2.66. The zero-order chi connectivity index (χ0) is 13.7. The Hall–Kier alpha value is -0.770. The van der Waals surface area contributed by atoms with Crippen molar-refractivity contribution in [2.45, 2.75) is 32.4 Å². The minimum Gasteiger partial charge on any atom is -0.383 e. The number of nitrogens with one attached hydrogen (secondary N) is 1. The molecule has 19 heavy (non-hydrogen) atoms. The van der Waals surface area contributed by atoms with Crippen molar-refractivity contribution in [2.75, 3.05) is 31.7 Å². The van der Waals surface area contributed by atoms with Crippen LogP contribution < -0.4 is 10.2 Å². The van der Waals surface area contributed by atoms with E-state index in [1.54, 1.807) is 7.11 Å². The van der Waals surface area contributed by atoms with Crippen molar-refractivity contribution < 1.29 is 4.74 Å². The first-order chi connectivity index (χ1) is 9.22. The lowest BCUT2D eigenvalue weighted by molar-refractivity contribution is 0.199. The summed E-state index contributed by atoms with van der Waals surface area (Å²) in [7, 11) is 1.72. The Morgan fingerprint density at radius 2 is 2.32 bits per heavy atom. The van der Waals surface area contributed by atoms with Crippen LogP contribution in [-0.2, 0) is 11.3 Å². The van der Waals surface area contributed by atoms with E-state index in [0.29, 0.717) is 6.04 Å². The van der Waals surface area contributed by atoms with Crippen molar-refractivity contribution in [3.8, 4) is 0 Å². The van der Waals surface area contributed by atoms with Crippen molar-refractivity contribution in [3.05, 3.63) is 28.8 Å². The van der Waals surface area contributed by atoms with Crippen LogP contribution in [0.5, 0.6) is 0 Å². The molecule has 0 radical (unpaired) electrons. The van der Waals surface area contributed by atoms with E-state index in [1.165, 1.54) is 24.1 Å². The molecular weight excluding hydrogens is 260 g/mol. The first-order valence-electron chi connectivity index (χ1n) is 6.97. The smallest absolute Gasteiger partial charge is 0.0587 e. The van der Waals surface area contributed by atoms with Gasteiger partial charge in [0.05, 0.1) is 6.61 Å². The lowest BCUT2D eigenvalue weighted by Crippen LogP contribution is -2.28. The van der Waals surface area contributed by atoms with Crippen molar-refractivity contribution in [1.29, 1.82) is 0 Å². The molecule has 1 saturated heterocycles.